The Bertz CT molecular complexity index is 506. The van der Waals surface area contributed by atoms with Gasteiger partial charge in [0, 0.05) is 23.7 Å². The number of amides is 1. The normalized spacial score (nSPS) is 18.3. The van der Waals surface area contributed by atoms with Gasteiger partial charge in [-0.05, 0) is 45.0 Å². The Morgan fingerprint density at radius 3 is 2.50 bits per heavy atom. The molecule has 2 rings (SSSR count). The largest absolute Gasteiger partial charge is 0.496 e. The molecule has 0 saturated carbocycles. The van der Waals surface area contributed by atoms with E-state index in [0.29, 0.717) is 29.6 Å². The van der Waals surface area contributed by atoms with Crippen LogP contribution in [0.4, 0.5) is 0 Å². The van der Waals surface area contributed by atoms with Gasteiger partial charge in [0.25, 0.3) is 5.91 Å². The molecule has 1 aliphatic heterocycles. The molecule has 0 radical (unpaired) electrons. The molecular weight excluding hydrogens is 280 g/mol. The fraction of sp³-hybridized carbons (Fsp3) is 0.588. The molecule has 0 bridgehead atoms. The Balaban J connectivity index is 2.06. The summed E-state index contributed by atoms with van der Waals surface area (Å²) in [6.07, 6.45) is 2.36. The Hall–Kier alpha value is -1.75. The second-order valence-corrected chi connectivity index (χ2v) is 5.64. The zero-order valence-electron chi connectivity index (χ0n) is 13.9. The second kappa shape index (κ2) is 7.49. The number of carbonyl (C=O) groups is 1. The average molecular weight is 306 g/mol. The zero-order chi connectivity index (χ0) is 16.1. The minimum atomic E-state index is -0.0837. The molecule has 1 N–H and O–H groups in total. The predicted octanol–water partition coefficient (Wildman–Crippen LogP) is 2.23. The molecule has 1 unspecified atom stereocenters. The Labute approximate surface area is 132 Å². The molecule has 1 fully saturated rings. The molecular formula is C17H26N2O3. The van der Waals surface area contributed by atoms with Gasteiger partial charge in [0.2, 0.25) is 0 Å². The summed E-state index contributed by atoms with van der Waals surface area (Å²) in [6, 6.07) is 3.97. The maximum absolute atomic E-state index is 12.4. The van der Waals surface area contributed by atoms with Gasteiger partial charge in [0.05, 0.1) is 14.2 Å². The number of nitrogens with zero attached hydrogens (tertiary/aromatic N) is 1. The molecule has 1 aromatic rings. The van der Waals surface area contributed by atoms with E-state index in [1.165, 1.54) is 6.42 Å². The van der Waals surface area contributed by atoms with E-state index in [1.54, 1.807) is 26.4 Å². The number of likely N-dealkylation sites (tertiary alicyclic amines) is 1. The number of nitrogens with one attached hydrogen (secondary N) is 1. The third-order valence-electron chi connectivity index (χ3n) is 4.42. The van der Waals surface area contributed by atoms with Gasteiger partial charge >= 0.3 is 0 Å². The third kappa shape index (κ3) is 3.53. The van der Waals surface area contributed by atoms with Gasteiger partial charge < -0.3 is 14.8 Å². The number of rotatable bonds is 6. The number of methoxy groups -OCH3 is 2. The maximum Gasteiger partial charge on any atom is 0.251 e. The fourth-order valence-corrected chi connectivity index (χ4v) is 3.07. The molecule has 1 atom stereocenters. The summed E-state index contributed by atoms with van der Waals surface area (Å²) >= 11 is 0. The van der Waals surface area contributed by atoms with Crippen molar-refractivity contribution in [3.8, 4) is 11.5 Å². The first-order valence-corrected chi connectivity index (χ1v) is 7.85. The number of carbonyl (C=O) groups excluding carboxylic acids is 1. The minimum absolute atomic E-state index is 0.0837. The second-order valence-electron chi connectivity index (χ2n) is 5.64. The van der Waals surface area contributed by atoms with Crippen molar-refractivity contribution in [3.63, 3.8) is 0 Å². The maximum atomic E-state index is 12.4. The van der Waals surface area contributed by atoms with Crippen molar-refractivity contribution in [2.75, 3.05) is 33.9 Å². The van der Waals surface area contributed by atoms with Gasteiger partial charge in [-0.25, -0.2) is 0 Å². The highest BCUT2D eigenvalue weighted by Gasteiger charge is 2.23. The minimum Gasteiger partial charge on any atom is -0.496 e. The SMILES string of the molecule is CCN1CCCC1CNC(=O)c1cc(OC)c(C)c(OC)c1. The summed E-state index contributed by atoms with van der Waals surface area (Å²) in [7, 11) is 3.20. The van der Waals surface area contributed by atoms with E-state index in [0.717, 1.165) is 25.1 Å². The number of ether oxygens (including phenoxy) is 2. The van der Waals surface area contributed by atoms with Crippen LogP contribution in [0.25, 0.3) is 0 Å². The topological polar surface area (TPSA) is 50.8 Å². The van der Waals surface area contributed by atoms with Crippen LogP contribution in [0.1, 0.15) is 35.7 Å². The van der Waals surface area contributed by atoms with Crippen molar-refractivity contribution in [3.05, 3.63) is 23.3 Å². The summed E-state index contributed by atoms with van der Waals surface area (Å²) < 4.78 is 10.6. The first kappa shape index (κ1) is 16.6. The highest BCUT2D eigenvalue weighted by Crippen LogP contribution is 2.29. The first-order chi connectivity index (χ1) is 10.6. The molecule has 0 spiro atoms. The number of benzene rings is 1. The molecule has 0 aliphatic carbocycles. The standard InChI is InChI=1S/C17H26N2O3/c1-5-19-8-6-7-14(19)11-18-17(20)13-9-15(21-3)12(2)16(10-13)22-4/h9-10,14H,5-8,11H2,1-4H3,(H,18,20). The van der Waals surface area contributed by atoms with Crippen molar-refractivity contribution in [1.29, 1.82) is 0 Å². The van der Waals surface area contributed by atoms with E-state index in [1.807, 2.05) is 6.92 Å². The Morgan fingerprint density at radius 2 is 1.95 bits per heavy atom. The lowest BCUT2D eigenvalue weighted by Crippen LogP contribution is -2.40. The van der Waals surface area contributed by atoms with Gasteiger partial charge in [-0.2, -0.15) is 0 Å². The van der Waals surface area contributed by atoms with Crippen molar-refractivity contribution in [2.24, 2.45) is 0 Å². The van der Waals surface area contributed by atoms with Gasteiger partial charge in [0.15, 0.2) is 0 Å². The highest BCUT2D eigenvalue weighted by molar-refractivity contribution is 5.95. The summed E-state index contributed by atoms with van der Waals surface area (Å²) in [5.41, 5.74) is 1.47. The lowest BCUT2D eigenvalue weighted by atomic mass is 10.1. The van der Waals surface area contributed by atoms with Crippen molar-refractivity contribution in [2.45, 2.75) is 32.7 Å². The van der Waals surface area contributed by atoms with Gasteiger partial charge in [0.1, 0.15) is 11.5 Å². The Kier molecular flexibility index (Phi) is 5.66. The van der Waals surface area contributed by atoms with E-state index >= 15 is 0 Å². The van der Waals surface area contributed by atoms with Crippen LogP contribution in [0.5, 0.6) is 11.5 Å². The summed E-state index contributed by atoms with van der Waals surface area (Å²) in [5.74, 6) is 1.25. The molecule has 1 aliphatic rings. The quantitative estimate of drug-likeness (QED) is 0.875. The van der Waals surface area contributed by atoms with Crippen LogP contribution in [0.15, 0.2) is 12.1 Å². The van der Waals surface area contributed by atoms with Crippen molar-refractivity contribution in [1.82, 2.24) is 10.2 Å². The monoisotopic (exact) mass is 306 g/mol. The van der Waals surface area contributed by atoms with Crippen LogP contribution in [0.2, 0.25) is 0 Å². The van der Waals surface area contributed by atoms with Crippen LogP contribution in [0.3, 0.4) is 0 Å². The van der Waals surface area contributed by atoms with E-state index in [4.69, 9.17) is 9.47 Å². The zero-order valence-corrected chi connectivity index (χ0v) is 13.9. The molecule has 1 amide bonds. The third-order valence-corrected chi connectivity index (χ3v) is 4.42. The first-order valence-electron chi connectivity index (χ1n) is 7.85. The Morgan fingerprint density at radius 1 is 1.32 bits per heavy atom. The number of hydrogen-bond donors (Lipinski definition) is 1. The summed E-state index contributed by atoms with van der Waals surface area (Å²) in [5, 5.41) is 3.04. The van der Waals surface area contributed by atoms with E-state index in [9.17, 15) is 4.79 Å². The molecule has 1 heterocycles. The van der Waals surface area contributed by atoms with E-state index < -0.39 is 0 Å². The molecule has 5 nitrogen and oxygen atoms in total. The van der Waals surface area contributed by atoms with Crippen molar-refractivity contribution >= 4 is 5.91 Å². The predicted molar refractivity (Wildman–Crippen MR) is 86.9 cm³/mol. The van der Waals surface area contributed by atoms with Crippen LogP contribution < -0.4 is 14.8 Å². The molecule has 5 heteroatoms. The van der Waals surface area contributed by atoms with Gasteiger partial charge in [-0.3, -0.25) is 9.69 Å². The van der Waals surface area contributed by atoms with Crippen molar-refractivity contribution < 1.29 is 14.3 Å². The number of hydrogen-bond acceptors (Lipinski definition) is 4. The van der Waals surface area contributed by atoms with Crippen LogP contribution in [0, 0.1) is 6.92 Å². The van der Waals surface area contributed by atoms with E-state index in [-0.39, 0.29) is 5.91 Å². The molecule has 1 aromatic carbocycles. The molecule has 0 aromatic heterocycles. The van der Waals surface area contributed by atoms with Crippen LogP contribution in [-0.2, 0) is 0 Å². The van der Waals surface area contributed by atoms with Crippen LogP contribution in [-0.4, -0.2) is 50.7 Å². The summed E-state index contributed by atoms with van der Waals surface area (Å²) in [6.45, 7) is 6.92. The summed E-state index contributed by atoms with van der Waals surface area (Å²) in [4.78, 5) is 14.8. The fourth-order valence-electron chi connectivity index (χ4n) is 3.07. The van der Waals surface area contributed by atoms with Gasteiger partial charge in [-0.1, -0.05) is 6.92 Å². The highest BCUT2D eigenvalue weighted by atomic mass is 16.5. The van der Waals surface area contributed by atoms with Gasteiger partial charge in [-0.15, -0.1) is 0 Å². The number of likely N-dealkylation sites (N-methyl/N-ethyl adjacent to an activating group) is 1. The average Bonchev–Trinajstić information content (AvgIpc) is 3.00. The molecule has 1 saturated heterocycles. The van der Waals surface area contributed by atoms with Crippen LogP contribution >= 0.6 is 0 Å². The lowest BCUT2D eigenvalue weighted by molar-refractivity contribution is 0.0940. The van der Waals surface area contributed by atoms with E-state index in [2.05, 4.69) is 17.1 Å². The molecule has 122 valence electrons. The molecule has 22 heavy (non-hydrogen) atoms. The lowest BCUT2D eigenvalue weighted by Gasteiger charge is -2.23. The smallest absolute Gasteiger partial charge is 0.251 e.